The zero-order valence-electron chi connectivity index (χ0n) is 10.5. The summed E-state index contributed by atoms with van der Waals surface area (Å²) >= 11 is 0. The Labute approximate surface area is 112 Å². The van der Waals surface area contributed by atoms with E-state index < -0.39 is 10.0 Å². The molecule has 0 saturated heterocycles. The molecule has 1 aromatic heterocycles. The third-order valence-electron chi connectivity index (χ3n) is 2.76. The van der Waals surface area contributed by atoms with Gasteiger partial charge in [-0.15, -0.1) is 0 Å². The molecule has 0 radical (unpaired) electrons. The lowest BCUT2D eigenvalue weighted by molar-refractivity contribution is 0.561. The van der Waals surface area contributed by atoms with Crippen LogP contribution in [0.1, 0.15) is 24.1 Å². The molecular weight excluding hydrogens is 264 g/mol. The normalized spacial score (nSPS) is 13.4. The monoisotopic (exact) mass is 280 g/mol. The number of sulfonamides is 1. The SMILES string of the molecule is CC(N)c1ccc(S(=O)(=O)NCc2ccoc2)cc1. The number of benzene rings is 1. The lowest BCUT2D eigenvalue weighted by atomic mass is 10.1. The van der Waals surface area contributed by atoms with Crippen LogP contribution in [0.25, 0.3) is 0 Å². The summed E-state index contributed by atoms with van der Waals surface area (Å²) in [5, 5.41) is 0. The van der Waals surface area contributed by atoms with E-state index in [2.05, 4.69) is 4.72 Å². The van der Waals surface area contributed by atoms with Gasteiger partial charge in [0.25, 0.3) is 0 Å². The van der Waals surface area contributed by atoms with E-state index in [0.29, 0.717) is 0 Å². The molecule has 102 valence electrons. The van der Waals surface area contributed by atoms with Crippen molar-refractivity contribution in [2.24, 2.45) is 5.73 Å². The van der Waals surface area contributed by atoms with Crippen molar-refractivity contribution in [3.8, 4) is 0 Å². The Hall–Kier alpha value is -1.63. The van der Waals surface area contributed by atoms with Gasteiger partial charge in [0.2, 0.25) is 10.0 Å². The summed E-state index contributed by atoms with van der Waals surface area (Å²) in [6.45, 7) is 2.05. The van der Waals surface area contributed by atoms with Crippen LogP contribution < -0.4 is 10.5 Å². The van der Waals surface area contributed by atoms with Gasteiger partial charge in [-0.25, -0.2) is 13.1 Å². The minimum absolute atomic E-state index is 0.115. The predicted molar refractivity (Wildman–Crippen MR) is 71.8 cm³/mol. The summed E-state index contributed by atoms with van der Waals surface area (Å²) in [7, 11) is -3.51. The third kappa shape index (κ3) is 3.44. The van der Waals surface area contributed by atoms with Gasteiger partial charge in [0.15, 0.2) is 0 Å². The first kappa shape index (κ1) is 13.8. The first-order valence-electron chi connectivity index (χ1n) is 5.85. The van der Waals surface area contributed by atoms with Crippen molar-refractivity contribution in [2.75, 3.05) is 0 Å². The van der Waals surface area contributed by atoms with Crippen molar-refractivity contribution in [1.82, 2.24) is 4.72 Å². The topological polar surface area (TPSA) is 85.3 Å². The molecule has 1 heterocycles. The molecule has 3 N–H and O–H groups in total. The number of hydrogen-bond acceptors (Lipinski definition) is 4. The second kappa shape index (κ2) is 5.56. The van der Waals surface area contributed by atoms with Gasteiger partial charge < -0.3 is 10.2 Å². The summed E-state index contributed by atoms with van der Waals surface area (Å²) in [6.07, 6.45) is 3.00. The molecule has 0 amide bonds. The maximum atomic E-state index is 12.0. The zero-order chi connectivity index (χ0) is 13.9. The van der Waals surface area contributed by atoms with E-state index in [1.807, 2.05) is 6.92 Å². The molecule has 0 fully saturated rings. The summed E-state index contributed by atoms with van der Waals surface area (Å²) < 4.78 is 31.5. The van der Waals surface area contributed by atoms with Gasteiger partial charge in [-0.3, -0.25) is 0 Å². The van der Waals surface area contributed by atoms with Gasteiger partial charge in [0, 0.05) is 18.2 Å². The molecular formula is C13H16N2O3S. The molecule has 2 rings (SSSR count). The minimum atomic E-state index is -3.51. The van der Waals surface area contributed by atoms with E-state index in [1.54, 1.807) is 30.3 Å². The highest BCUT2D eigenvalue weighted by atomic mass is 32.2. The number of rotatable bonds is 5. The van der Waals surface area contributed by atoms with Crippen molar-refractivity contribution in [1.29, 1.82) is 0 Å². The largest absolute Gasteiger partial charge is 0.472 e. The van der Waals surface area contributed by atoms with Gasteiger partial charge in [-0.1, -0.05) is 12.1 Å². The molecule has 0 spiro atoms. The molecule has 1 aromatic carbocycles. The van der Waals surface area contributed by atoms with Gasteiger partial charge in [-0.05, 0) is 30.7 Å². The molecule has 0 bridgehead atoms. The smallest absolute Gasteiger partial charge is 0.240 e. The van der Waals surface area contributed by atoms with Crippen LogP contribution in [0.4, 0.5) is 0 Å². The number of nitrogens with two attached hydrogens (primary N) is 1. The van der Waals surface area contributed by atoms with Crippen molar-refractivity contribution >= 4 is 10.0 Å². The Morgan fingerprint density at radius 3 is 2.47 bits per heavy atom. The molecule has 0 saturated carbocycles. The van der Waals surface area contributed by atoms with E-state index in [4.69, 9.17) is 10.2 Å². The highest BCUT2D eigenvalue weighted by Crippen LogP contribution is 2.15. The summed E-state index contributed by atoms with van der Waals surface area (Å²) in [4.78, 5) is 0.223. The van der Waals surface area contributed by atoms with Crippen LogP contribution in [-0.2, 0) is 16.6 Å². The molecule has 0 aliphatic carbocycles. The molecule has 19 heavy (non-hydrogen) atoms. The van der Waals surface area contributed by atoms with Crippen molar-refractivity contribution in [2.45, 2.75) is 24.4 Å². The van der Waals surface area contributed by atoms with Crippen LogP contribution >= 0.6 is 0 Å². The summed E-state index contributed by atoms with van der Waals surface area (Å²) in [6, 6.07) is 8.14. The molecule has 2 aromatic rings. The van der Waals surface area contributed by atoms with Gasteiger partial charge >= 0.3 is 0 Å². The first-order chi connectivity index (χ1) is 8.99. The van der Waals surface area contributed by atoms with E-state index in [1.165, 1.54) is 12.5 Å². The molecule has 6 heteroatoms. The van der Waals surface area contributed by atoms with Gasteiger partial charge in [0.05, 0.1) is 17.4 Å². The third-order valence-corrected chi connectivity index (χ3v) is 4.18. The number of hydrogen-bond donors (Lipinski definition) is 2. The number of nitrogens with one attached hydrogen (secondary N) is 1. The average molecular weight is 280 g/mol. The van der Waals surface area contributed by atoms with E-state index in [9.17, 15) is 8.42 Å². The second-order valence-corrected chi connectivity index (χ2v) is 6.08. The van der Waals surface area contributed by atoms with E-state index in [0.717, 1.165) is 11.1 Å². The summed E-state index contributed by atoms with van der Waals surface area (Å²) in [5.74, 6) is 0. The molecule has 5 nitrogen and oxygen atoms in total. The fourth-order valence-corrected chi connectivity index (χ4v) is 2.62. The van der Waals surface area contributed by atoms with Gasteiger partial charge in [-0.2, -0.15) is 0 Å². The van der Waals surface area contributed by atoms with Crippen LogP contribution in [0.2, 0.25) is 0 Å². The Bertz CT molecular complexity index is 616. The molecule has 0 aliphatic heterocycles. The van der Waals surface area contributed by atoms with E-state index >= 15 is 0 Å². The average Bonchev–Trinajstić information content (AvgIpc) is 2.90. The standard InChI is InChI=1S/C13H16N2O3S/c1-10(14)12-2-4-13(5-3-12)19(16,17)15-8-11-6-7-18-9-11/h2-7,9-10,15H,8,14H2,1H3. The molecule has 0 aliphatic rings. The predicted octanol–water partition coefficient (Wildman–Crippen LogP) is 1.78. The molecule has 1 atom stereocenters. The van der Waals surface area contributed by atoms with E-state index in [-0.39, 0.29) is 17.5 Å². The van der Waals surface area contributed by atoms with Gasteiger partial charge in [0.1, 0.15) is 0 Å². The van der Waals surface area contributed by atoms with Crippen LogP contribution in [0.3, 0.4) is 0 Å². The maximum Gasteiger partial charge on any atom is 0.240 e. The van der Waals surface area contributed by atoms with Crippen LogP contribution in [0.5, 0.6) is 0 Å². The Morgan fingerprint density at radius 1 is 1.26 bits per heavy atom. The lowest BCUT2D eigenvalue weighted by Crippen LogP contribution is -2.23. The first-order valence-corrected chi connectivity index (χ1v) is 7.33. The maximum absolute atomic E-state index is 12.0. The Morgan fingerprint density at radius 2 is 1.95 bits per heavy atom. The minimum Gasteiger partial charge on any atom is -0.472 e. The Balaban J connectivity index is 2.10. The molecule has 1 unspecified atom stereocenters. The highest BCUT2D eigenvalue weighted by molar-refractivity contribution is 7.89. The fourth-order valence-electron chi connectivity index (χ4n) is 1.61. The van der Waals surface area contributed by atoms with Crippen LogP contribution in [0.15, 0.2) is 52.2 Å². The lowest BCUT2D eigenvalue weighted by Gasteiger charge is -2.08. The van der Waals surface area contributed by atoms with Crippen molar-refractivity contribution in [3.05, 3.63) is 54.0 Å². The number of furan rings is 1. The van der Waals surface area contributed by atoms with Crippen molar-refractivity contribution in [3.63, 3.8) is 0 Å². The van der Waals surface area contributed by atoms with Crippen molar-refractivity contribution < 1.29 is 12.8 Å². The Kier molecular flexibility index (Phi) is 4.04. The van der Waals surface area contributed by atoms with Crippen LogP contribution in [0, 0.1) is 0 Å². The fraction of sp³-hybridized carbons (Fsp3) is 0.231. The van der Waals surface area contributed by atoms with Crippen LogP contribution in [-0.4, -0.2) is 8.42 Å². The quantitative estimate of drug-likeness (QED) is 0.874. The summed E-state index contributed by atoms with van der Waals surface area (Å²) in [5.41, 5.74) is 7.39. The zero-order valence-corrected chi connectivity index (χ0v) is 11.4. The second-order valence-electron chi connectivity index (χ2n) is 4.31. The highest BCUT2D eigenvalue weighted by Gasteiger charge is 2.14.